The fraction of sp³-hybridized carbons (Fsp3) is 0.240. The third-order valence-electron chi connectivity index (χ3n) is 6.26. The molecule has 1 atom stereocenters. The number of hydrogen-bond acceptors (Lipinski definition) is 2. The molecule has 1 fully saturated rings. The SMILES string of the molecule is Cc1[nH]c2ccccc2c1[C@H](c1cccnc1)[NH+]1CCN(c2ccc(F)cc2)CC1. The molecule has 0 unspecified atom stereocenters. The van der Waals surface area contributed by atoms with Gasteiger partial charge in [0.1, 0.15) is 11.9 Å². The van der Waals surface area contributed by atoms with Crippen molar-refractivity contribution in [2.45, 2.75) is 13.0 Å². The molecule has 152 valence electrons. The van der Waals surface area contributed by atoms with Gasteiger partial charge < -0.3 is 14.8 Å². The van der Waals surface area contributed by atoms with Crippen LogP contribution in [0, 0.1) is 12.7 Å². The summed E-state index contributed by atoms with van der Waals surface area (Å²) in [5, 5.41) is 1.29. The van der Waals surface area contributed by atoms with Crippen molar-refractivity contribution in [1.82, 2.24) is 9.97 Å². The first kappa shape index (κ1) is 18.8. The predicted octanol–water partition coefficient (Wildman–Crippen LogP) is 3.50. The number of quaternary nitrogens is 1. The number of pyridine rings is 1. The molecular formula is C25H26FN4+. The van der Waals surface area contributed by atoms with Gasteiger partial charge in [-0.15, -0.1) is 0 Å². The number of para-hydroxylation sites is 1. The van der Waals surface area contributed by atoms with Gasteiger partial charge in [0, 0.05) is 45.8 Å². The number of nitrogens with one attached hydrogen (secondary N) is 2. The average Bonchev–Trinajstić information content (AvgIpc) is 3.12. The van der Waals surface area contributed by atoms with Crippen molar-refractivity contribution in [2.75, 3.05) is 31.1 Å². The van der Waals surface area contributed by atoms with Crippen molar-refractivity contribution in [3.63, 3.8) is 0 Å². The molecule has 2 aromatic heterocycles. The Morgan fingerprint density at radius 2 is 1.77 bits per heavy atom. The lowest BCUT2D eigenvalue weighted by Gasteiger charge is -2.38. The Hall–Kier alpha value is -3.18. The Morgan fingerprint density at radius 3 is 2.50 bits per heavy atom. The van der Waals surface area contributed by atoms with E-state index in [2.05, 4.69) is 52.1 Å². The molecule has 1 aliphatic rings. The summed E-state index contributed by atoms with van der Waals surface area (Å²) in [6, 6.07) is 19.8. The van der Waals surface area contributed by atoms with Gasteiger partial charge in [0.2, 0.25) is 0 Å². The highest BCUT2D eigenvalue weighted by atomic mass is 19.1. The average molecular weight is 402 g/mol. The second-order valence-corrected chi connectivity index (χ2v) is 8.05. The van der Waals surface area contributed by atoms with E-state index in [1.807, 2.05) is 30.6 Å². The molecule has 2 N–H and O–H groups in total. The second-order valence-electron chi connectivity index (χ2n) is 8.05. The van der Waals surface area contributed by atoms with Crippen LogP contribution in [0.25, 0.3) is 10.9 Å². The van der Waals surface area contributed by atoms with Gasteiger partial charge >= 0.3 is 0 Å². The maximum atomic E-state index is 13.3. The minimum absolute atomic E-state index is 0.186. The van der Waals surface area contributed by atoms with E-state index in [9.17, 15) is 4.39 Å². The minimum Gasteiger partial charge on any atom is -0.360 e. The van der Waals surface area contributed by atoms with E-state index in [-0.39, 0.29) is 11.9 Å². The maximum absolute atomic E-state index is 13.3. The van der Waals surface area contributed by atoms with Crippen LogP contribution in [0.5, 0.6) is 0 Å². The molecule has 30 heavy (non-hydrogen) atoms. The van der Waals surface area contributed by atoms with Crippen molar-refractivity contribution >= 4 is 16.6 Å². The molecular weight excluding hydrogens is 375 g/mol. The first-order valence-electron chi connectivity index (χ1n) is 10.5. The van der Waals surface area contributed by atoms with E-state index in [1.54, 1.807) is 12.1 Å². The number of halogens is 1. The monoisotopic (exact) mass is 401 g/mol. The molecule has 5 heteroatoms. The molecule has 2 aromatic carbocycles. The highest BCUT2D eigenvalue weighted by Gasteiger charge is 2.33. The van der Waals surface area contributed by atoms with Gasteiger partial charge in [-0.3, -0.25) is 4.98 Å². The number of H-pyrrole nitrogens is 1. The molecule has 0 spiro atoms. The third kappa shape index (κ3) is 3.46. The molecule has 5 rings (SSSR count). The first-order chi connectivity index (χ1) is 14.7. The van der Waals surface area contributed by atoms with Gasteiger partial charge in [0.05, 0.1) is 26.2 Å². The highest BCUT2D eigenvalue weighted by molar-refractivity contribution is 5.85. The topological polar surface area (TPSA) is 36.4 Å². The number of rotatable bonds is 4. The lowest BCUT2D eigenvalue weighted by molar-refractivity contribution is -0.926. The zero-order chi connectivity index (χ0) is 20.5. The van der Waals surface area contributed by atoms with Crippen molar-refractivity contribution in [2.24, 2.45) is 0 Å². The van der Waals surface area contributed by atoms with Gasteiger partial charge in [0.25, 0.3) is 0 Å². The van der Waals surface area contributed by atoms with Crippen LogP contribution in [0.4, 0.5) is 10.1 Å². The minimum atomic E-state index is -0.186. The van der Waals surface area contributed by atoms with Gasteiger partial charge in [-0.25, -0.2) is 4.39 Å². The second kappa shape index (κ2) is 7.92. The normalized spacial score (nSPS) is 16.1. The molecule has 0 bridgehead atoms. The van der Waals surface area contributed by atoms with E-state index in [0.717, 1.165) is 31.9 Å². The number of nitrogens with zero attached hydrogens (tertiary/aromatic N) is 2. The summed E-state index contributed by atoms with van der Waals surface area (Å²) in [5.74, 6) is -0.186. The summed E-state index contributed by atoms with van der Waals surface area (Å²) < 4.78 is 13.3. The Labute approximate surface area is 176 Å². The molecule has 1 aliphatic heterocycles. The Balaban J connectivity index is 1.48. The maximum Gasteiger partial charge on any atom is 0.143 e. The molecule has 4 aromatic rings. The zero-order valence-corrected chi connectivity index (χ0v) is 17.1. The summed E-state index contributed by atoms with van der Waals surface area (Å²) in [6.45, 7) is 6.08. The van der Waals surface area contributed by atoms with Crippen molar-refractivity contribution in [3.05, 3.63) is 95.7 Å². The number of fused-ring (bicyclic) bond motifs is 1. The van der Waals surface area contributed by atoms with Crippen LogP contribution in [0.1, 0.15) is 22.9 Å². The van der Waals surface area contributed by atoms with Crippen LogP contribution in [0.3, 0.4) is 0 Å². The van der Waals surface area contributed by atoms with Crippen molar-refractivity contribution in [1.29, 1.82) is 0 Å². The van der Waals surface area contributed by atoms with Crippen molar-refractivity contribution < 1.29 is 9.29 Å². The summed E-state index contributed by atoms with van der Waals surface area (Å²) in [5.41, 5.74) is 6.11. The van der Waals surface area contributed by atoms with Gasteiger partial charge in [-0.2, -0.15) is 0 Å². The van der Waals surface area contributed by atoms with Crippen molar-refractivity contribution in [3.8, 4) is 0 Å². The zero-order valence-electron chi connectivity index (χ0n) is 17.1. The number of benzene rings is 2. The molecule has 0 amide bonds. The van der Waals surface area contributed by atoms with Gasteiger partial charge in [-0.05, 0) is 49.4 Å². The molecule has 3 heterocycles. The predicted molar refractivity (Wildman–Crippen MR) is 118 cm³/mol. The van der Waals surface area contributed by atoms with E-state index >= 15 is 0 Å². The van der Waals surface area contributed by atoms with Gasteiger partial charge in [-0.1, -0.05) is 18.2 Å². The smallest absolute Gasteiger partial charge is 0.143 e. The molecule has 1 saturated heterocycles. The molecule has 0 aliphatic carbocycles. The van der Waals surface area contributed by atoms with E-state index in [0.29, 0.717) is 0 Å². The number of aryl methyl sites for hydroxylation is 1. The van der Waals surface area contributed by atoms with Gasteiger partial charge in [0.15, 0.2) is 0 Å². The van der Waals surface area contributed by atoms with Crippen LogP contribution in [-0.4, -0.2) is 36.1 Å². The van der Waals surface area contributed by atoms with Crippen LogP contribution in [-0.2, 0) is 0 Å². The number of anilines is 1. The molecule has 0 saturated carbocycles. The third-order valence-corrected chi connectivity index (χ3v) is 6.26. The number of aromatic nitrogens is 2. The molecule has 0 radical (unpaired) electrons. The number of hydrogen-bond donors (Lipinski definition) is 2. The Bertz CT molecular complexity index is 1130. The fourth-order valence-corrected chi connectivity index (χ4v) is 4.82. The Morgan fingerprint density at radius 1 is 1.00 bits per heavy atom. The standard InChI is InChI=1S/C25H25FN4/c1-18-24(22-6-2-3-7-23(22)28-18)25(19-5-4-12-27-17-19)30-15-13-29(14-16-30)21-10-8-20(26)9-11-21/h2-12,17,25,28H,13-16H2,1H3/p+1/t25-/m0/s1. The summed E-state index contributed by atoms with van der Waals surface area (Å²) in [7, 11) is 0. The highest BCUT2D eigenvalue weighted by Crippen LogP contribution is 2.30. The van der Waals surface area contributed by atoms with E-state index in [4.69, 9.17) is 0 Å². The summed E-state index contributed by atoms with van der Waals surface area (Å²) in [4.78, 5) is 11.9. The van der Waals surface area contributed by atoms with Crippen LogP contribution >= 0.6 is 0 Å². The Kier molecular flexibility index (Phi) is 4.97. The summed E-state index contributed by atoms with van der Waals surface area (Å²) in [6.07, 6.45) is 3.84. The lowest BCUT2D eigenvalue weighted by atomic mass is 9.95. The fourth-order valence-electron chi connectivity index (χ4n) is 4.82. The van der Waals surface area contributed by atoms with Crippen LogP contribution < -0.4 is 9.80 Å². The molecule has 4 nitrogen and oxygen atoms in total. The van der Waals surface area contributed by atoms with Crippen LogP contribution in [0.15, 0.2) is 73.1 Å². The lowest BCUT2D eigenvalue weighted by Crippen LogP contribution is -3.15. The largest absolute Gasteiger partial charge is 0.360 e. The van der Waals surface area contributed by atoms with Crippen LogP contribution in [0.2, 0.25) is 0 Å². The van der Waals surface area contributed by atoms with E-state index < -0.39 is 0 Å². The van der Waals surface area contributed by atoms with E-state index in [1.165, 1.54) is 32.6 Å². The quantitative estimate of drug-likeness (QED) is 0.549. The number of piperazine rings is 1. The number of aromatic amines is 1. The summed E-state index contributed by atoms with van der Waals surface area (Å²) >= 11 is 0. The first-order valence-corrected chi connectivity index (χ1v) is 10.5.